The molecule has 1 heterocycles. The predicted octanol–water partition coefficient (Wildman–Crippen LogP) is 4.35. The Hall–Kier alpha value is -2.12. The number of nitrogens with zero attached hydrogens (tertiary/aromatic N) is 2. The first-order chi connectivity index (χ1) is 13.5. The molecule has 1 aliphatic rings. The fraction of sp³-hybridized carbons (Fsp3) is 0.476. The number of thiazole rings is 1. The molecule has 1 amide bonds. The van der Waals surface area contributed by atoms with Crippen molar-refractivity contribution >= 4 is 34.8 Å². The highest BCUT2D eigenvalue weighted by atomic mass is 35.5. The van der Waals surface area contributed by atoms with Crippen LogP contribution in [0.25, 0.3) is 0 Å². The van der Waals surface area contributed by atoms with E-state index in [1.807, 2.05) is 10.8 Å². The van der Waals surface area contributed by atoms with Crippen LogP contribution in [0.15, 0.2) is 29.4 Å². The van der Waals surface area contributed by atoms with Gasteiger partial charge in [0.2, 0.25) is 0 Å². The highest BCUT2D eigenvalue weighted by molar-refractivity contribution is 7.09. The topological polar surface area (TPSA) is 69.9 Å². The van der Waals surface area contributed by atoms with E-state index >= 15 is 0 Å². The number of carbonyl (C=O) groups is 2. The number of hydrogen-bond donors (Lipinski definition) is 0. The van der Waals surface area contributed by atoms with Gasteiger partial charge in [-0.25, -0.2) is 0 Å². The number of amides is 1. The molecule has 1 saturated carbocycles. The fourth-order valence-electron chi connectivity index (χ4n) is 2.97. The number of halogens is 1. The molecule has 0 radical (unpaired) electrons. The Kier molecular flexibility index (Phi) is 5.92. The Bertz CT molecular complexity index is 1010. The Labute approximate surface area is 179 Å². The van der Waals surface area contributed by atoms with E-state index in [1.165, 1.54) is 25.4 Å². The zero-order chi connectivity index (χ0) is 21.4. The summed E-state index contributed by atoms with van der Waals surface area (Å²) in [5.74, 6) is -0.314. The first-order valence-corrected chi connectivity index (χ1v) is 10.6. The van der Waals surface area contributed by atoms with Crippen molar-refractivity contribution in [3.05, 3.63) is 44.7 Å². The minimum absolute atomic E-state index is 0.102. The van der Waals surface area contributed by atoms with Crippen LogP contribution in [0, 0.1) is 0 Å². The van der Waals surface area contributed by atoms with Gasteiger partial charge >= 0.3 is 5.97 Å². The lowest BCUT2D eigenvalue weighted by molar-refractivity contribution is -0.149. The number of esters is 1. The van der Waals surface area contributed by atoms with Crippen molar-refractivity contribution in [2.45, 2.75) is 58.1 Å². The predicted molar refractivity (Wildman–Crippen MR) is 113 cm³/mol. The van der Waals surface area contributed by atoms with Crippen LogP contribution in [0.1, 0.15) is 55.8 Å². The molecular formula is C21H25ClN2O4S. The van der Waals surface area contributed by atoms with Gasteiger partial charge in [0.25, 0.3) is 5.91 Å². The van der Waals surface area contributed by atoms with Crippen molar-refractivity contribution in [1.82, 2.24) is 4.57 Å². The summed E-state index contributed by atoms with van der Waals surface area (Å²) in [7, 11) is 1.50. The fourth-order valence-corrected chi connectivity index (χ4v) is 4.19. The van der Waals surface area contributed by atoms with Crippen LogP contribution in [0.3, 0.4) is 0 Å². The van der Waals surface area contributed by atoms with E-state index in [4.69, 9.17) is 21.1 Å². The third-order valence-corrected chi connectivity index (χ3v) is 6.36. The van der Waals surface area contributed by atoms with Gasteiger partial charge in [-0.2, -0.15) is 4.99 Å². The van der Waals surface area contributed by atoms with E-state index in [0.717, 1.165) is 17.7 Å². The second-order valence-corrected chi connectivity index (χ2v) is 9.74. The summed E-state index contributed by atoms with van der Waals surface area (Å²) >= 11 is 7.52. The van der Waals surface area contributed by atoms with Gasteiger partial charge in [0, 0.05) is 23.0 Å². The van der Waals surface area contributed by atoms with E-state index in [9.17, 15) is 9.59 Å². The second-order valence-electron chi connectivity index (χ2n) is 8.29. The molecular weight excluding hydrogens is 412 g/mol. The van der Waals surface area contributed by atoms with Gasteiger partial charge in [0.05, 0.1) is 19.2 Å². The second kappa shape index (κ2) is 7.95. The largest absolute Gasteiger partial charge is 0.496 e. The molecule has 0 N–H and O–H groups in total. The van der Waals surface area contributed by atoms with E-state index in [0.29, 0.717) is 27.7 Å². The highest BCUT2D eigenvalue weighted by Crippen LogP contribution is 2.41. The number of hydrogen-bond acceptors (Lipinski definition) is 5. The number of benzene rings is 1. The van der Waals surface area contributed by atoms with Crippen LogP contribution in [0.2, 0.25) is 5.02 Å². The average molecular weight is 437 g/mol. The molecule has 156 valence electrons. The molecule has 0 saturated heterocycles. The molecule has 0 bridgehead atoms. The summed E-state index contributed by atoms with van der Waals surface area (Å²) in [6, 6.07) is 4.86. The molecule has 0 atom stereocenters. The summed E-state index contributed by atoms with van der Waals surface area (Å²) < 4.78 is 12.7. The van der Waals surface area contributed by atoms with Crippen LogP contribution < -0.4 is 9.54 Å². The van der Waals surface area contributed by atoms with Gasteiger partial charge in [-0.3, -0.25) is 9.59 Å². The zero-order valence-electron chi connectivity index (χ0n) is 17.2. The smallest absolute Gasteiger partial charge is 0.303 e. The number of methoxy groups -OCH3 is 1. The third kappa shape index (κ3) is 5.08. The number of rotatable bonds is 5. The summed E-state index contributed by atoms with van der Waals surface area (Å²) in [6.07, 6.45) is 3.60. The molecule has 1 aromatic carbocycles. The van der Waals surface area contributed by atoms with Gasteiger partial charge < -0.3 is 14.0 Å². The lowest BCUT2D eigenvalue weighted by Crippen LogP contribution is -2.29. The minimum atomic E-state index is -0.506. The van der Waals surface area contributed by atoms with Crippen molar-refractivity contribution in [1.29, 1.82) is 0 Å². The molecule has 3 rings (SSSR count). The normalized spacial score (nSPS) is 15.9. The number of ether oxygens (including phenoxy) is 2. The minimum Gasteiger partial charge on any atom is -0.496 e. The van der Waals surface area contributed by atoms with E-state index < -0.39 is 11.5 Å². The summed E-state index contributed by atoms with van der Waals surface area (Å²) in [5, 5.41) is 0.436. The van der Waals surface area contributed by atoms with Gasteiger partial charge in [-0.05, 0) is 36.5 Å². The lowest BCUT2D eigenvalue weighted by Gasteiger charge is -2.17. The summed E-state index contributed by atoms with van der Waals surface area (Å²) in [5.41, 5.74) is -0.304. The van der Waals surface area contributed by atoms with E-state index in [2.05, 4.69) is 25.8 Å². The van der Waals surface area contributed by atoms with Gasteiger partial charge in [0.15, 0.2) is 4.80 Å². The standard InChI is InChI=1S/C21H25ClN2O4S/c1-13(25)28-21(8-9-21)12-24-11-17(20(2,3)4)29-19(24)23-18(26)15-10-14(22)6-7-16(15)27-5/h6-7,10-11H,8-9,12H2,1-5H3/b23-19-. The molecule has 0 unspecified atom stereocenters. The quantitative estimate of drug-likeness (QED) is 0.653. The van der Waals surface area contributed by atoms with Gasteiger partial charge in [-0.15, -0.1) is 11.3 Å². The maximum Gasteiger partial charge on any atom is 0.303 e. The molecule has 1 aliphatic carbocycles. The van der Waals surface area contributed by atoms with Crippen LogP contribution >= 0.6 is 22.9 Å². The van der Waals surface area contributed by atoms with Crippen molar-refractivity contribution in [3.63, 3.8) is 0 Å². The molecule has 29 heavy (non-hydrogen) atoms. The van der Waals surface area contributed by atoms with Crippen LogP contribution in [0.5, 0.6) is 5.75 Å². The first-order valence-electron chi connectivity index (χ1n) is 9.36. The van der Waals surface area contributed by atoms with Gasteiger partial charge in [0.1, 0.15) is 11.4 Å². The summed E-state index contributed by atoms with van der Waals surface area (Å²) in [6.45, 7) is 8.20. The van der Waals surface area contributed by atoms with Crippen LogP contribution in [-0.4, -0.2) is 29.2 Å². The number of carbonyl (C=O) groups excluding carboxylic acids is 2. The lowest BCUT2D eigenvalue weighted by atomic mass is 9.95. The Balaban J connectivity index is 2.03. The van der Waals surface area contributed by atoms with Crippen molar-refractivity contribution in [2.24, 2.45) is 4.99 Å². The van der Waals surface area contributed by atoms with Crippen LogP contribution in [-0.2, 0) is 21.5 Å². The average Bonchev–Trinajstić information content (AvgIpc) is 3.24. The van der Waals surface area contributed by atoms with Gasteiger partial charge in [-0.1, -0.05) is 32.4 Å². The molecule has 6 nitrogen and oxygen atoms in total. The molecule has 1 aromatic heterocycles. The monoisotopic (exact) mass is 436 g/mol. The molecule has 2 aromatic rings. The van der Waals surface area contributed by atoms with Crippen molar-refractivity contribution in [2.75, 3.05) is 7.11 Å². The maximum atomic E-state index is 12.9. The van der Waals surface area contributed by atoms with E-state index in [1.54, 1.807) is 18.2 Å². The first kappa shape index (κ1) is 21.6. The Morgan fingerprint density at radius 3 is 2.55 bits per heavy atom. The number of aromatic nitrogens is 1. The molecule has 0 spiro atoms. The molecule has 1 fully saturated rings. The maximum absolute atomic E-state index is 12.9. The zero-order valence-corrected chi connectivity index (χ0v) is 18.8. The van der Waals surface area contributed by atoms with Crippen molar-refractivity contribution < 1.29 is 19.1 Å². The summed E-state index contributed by atoms with van der Waals surface area (Å²) in [4.78, 5) is 30.4. The molecule has 0 aliphatic heterocycles. The van der Waals surface area contributed by atoms with Crippen molar-refractivity contribution in [3.8, 4) is 5.75 Å². The SMILES string of the molecule is COc1ccc(Cl)cc1C(=O)/N=c1\sc(C(C)(C)C)cn1CC1(OC(C)=O)CC1. The highest BCUT2D eigenvalue weighted by Gasteiger charge is 2.47. The Morgan fingerprint density at radius 1 is 1.31 bits per heavy atom. The Morgan fingerprint density at radius 2 is 2.00 bits per heavy atom. The third-order valence-electron chi connectivity index (χ3n) is 4.67. The molecule has 8 heteroatoms. The van der Waals surface area contributed by atoms with E-state index in [-0.39, 0.29) is 11.4 Å². The van der Waals surface area contributed by atoms with Crippen LogP contribution in [0.4, 0.5) is 0 Å².